The van der Waals surface area contributed by atoms with E-state index >= 15 is 0 Å². The molecule has 0 aliphatic rings. The van der Waals surface area contributed by atoms with E-state index in [1.165, 1.54) is 0 Å². The van der Waals surface area contributed by atoms with E-state index in [1.54, 1.807) is 31.4 Å². The fourth-order valence-electron chi connectivity index (χ4n) is 1.19. The van der Waals surface area contributed by atoms with Gasteiger partial charge in [0.25, 0.3) is 5.91 Å². The Morgan fingerprint density at radius 2 is 1.82 bits per heavy atom. The minimum absolute atomic E-state index is 0.0888. The summed E-state index contributed by atoms with van der Waals surface area (Å²) in [5, 5.41) is 4.35. The summed E-state index contributed by atoms with van der Waals surface area (Å²) in [6.45, 7) is 1.97. The van der Waals surface area contributed by atoms with Gasteiger partial charge < -0.3 is 10.1 Å². The molecule has 0 saturated carbocycles. The first kappa shape index (κ1) is 14.5. The molecule has 0 fully saturated rings. The molecule has 0 aromatic heterocycles. The van der Waals surface area contributed by atoms with Crippen molar-refractivity contribution in [3.8, 4) is 5.75 Å². The summed E-state index contributed by atoms with van der Waals surface area (Å²) >= 11 is 6.78. The molecule has 0 bridgehead atoms. The number of carbonyl (C=O) groups excluding carboxylic acids is 1. The largest absolute Gasteiger partial charge is 0.497 e. The van der Waals surface area contributed by atoms with Gasteiger partial charge in [-0.3, -0.25) is 4.79 Å². The lowest BCUT2D eigenvalue weighted by molar-refractivity contribution is 0.0923. The van der Waals surface area contributed by atoms with Crippen LogP contribution in [0.25, 0.3) is 0 Å². The molecule has 0 radical (unpaired) electrons. The summed E-state index contributed by atoms with van der Waals surface area (Å²) in [6, 6.07) is 7.04. The number of alkyl halides is 2. The van der Waals surface area contributed by atoms with Gasteiger partial charge in [0.05, 0.1) is 12.6 Å². The van der Waals surface area contributed by atoms with Gasteiger partial charge in [0.15, 0.2) is 0 Å². The number of ether oxygens (including phenoxy) is 1. The van der Waals surface area contributed by atoms with E-state index in [4.69, 9.17) is 4.74 Å². The number of nitrogens with one attached hydrogen (secondary N) is 1. The lowest BCUT2D eigenvalue weighted by Crippen LogP contribution is -2.48. The van der Waals surface area contributed by atoms with Gasteiger partial charge in [0.2, 0.25) is 0 Å². The summed E-state index contributed by atoms with van der Waals surface area (Å²) < 4.78 is 5.05. The fraction of sp³-hybridized carbons (Fsp3) is 0.417. The van der Waals surface area contributed by atoms with Gasteiger partial charge in [0, 0.05) is 16.2 Å². The van der Waals surface area contributed by atoms with Crippen molar-refractivity contribution in [1.82, 2.24) is 5.32 Å². The maximum Gasteiger partial charge on any atom is 0.251 e. The molecule has 5 heteroatoms. The number of methoxy groups -OCH3 is 1. The highest BCUT2D eigenvalue weighted by Crippen LogP contribution is 2.15. The minimum Gasteiger partial charge on any atom is -0.497 e. The Bertz CT molecular complexity index is 375. The van der Waals surface area contributed by atoms with E-state index in [-0.39, 0.29) is 11.4 Å². The standard InChI is InChI=1S/C12H15Br2NO2/c1-12(7-13,8-14)15-11(16)9-3-5-10(17-2)6-4-9/h3-6H,7-8H2,1-2H3,(H,15,16). The summed E-state index contributed by atoms with van der Waals surface area (Å²) in [4.78, 5) is 12.0. The van der Waals surface area contributed by atoms with Crippen molar-refractivity contribution in [2.75, 3.05) is 17.8 Å². The normalized spacial score (nSPS) is 11.1. The second-order valence-electron chi connectivity index (χ2n) is 4.01. The van der Waals surface area contributed by atoms with Gasteiger partial charge in [-0.2, -0.15) is 0 Å². The second-order valence-corrected chi connectivity index (χ2v) is 5.13. The lowest BCUT2D eigenvalue weighted by Gasteiger charge is -2.26. The minimum atomic E-state index is -0.295. The molecule has 0 heterocycles. The molecule has 1 aromatic carbocycles. The van der Waals surface area contributed by atoms with E-state index in [1.807, 2.05) is 6.92 Å². The molecular weight excluding hydrogens is 350 g/mol. The number of rotatable bonds is 5. The molecule has 0 aliphatic heterocycles. The summed E-state index contributed by atoms with van der Waals surface area (Å²) in [7, 11) is 1.60. The SMILES string of the molecule is COc1ccc(C(=O)NC(C)(CBr)CBr)cc1. The van der Waals surface area contributed by atoms with E-state index in [0.717, 1.165) is 5.75 Å². The first-order valence-electron chi connectivity index (χ1n) is 5.13. The molecule has 0 unspecified atom stereocenters. The number of hydrogen-bond donors (Lipinski definition) is 1. The van der Waals surface area contributed by atoms with E-state index < -0.39 is 0 Å². The van der Waals surface area contributed by atoms with Crippen molar-refractivity contribution in [2.45, 2.75) is 12.5 Å². The predicted octanol–water partition coefficient (Wildman–Crippen LogP) is 2.97. The predicted molar refractivity (Wildman–Crippen MR) is 76.5 cm³/mol. The van der Waals surface area contributed by atoms with Crippen LogP contribution in [0, 0.1) is 0 Å². The molecule has 1 rings (SSSR count). The summed E-state index contributed by atoms with van der Waals surface area (Å²) in [5.41, 5.74) is 0.329. The highest BCUT2D eigenvalue weighted by atomic mass is 79.9. The van der Waals surface area contributed by atoms with E-state index in [2.05, 4.69) is 37.2 Å². The molecular formula is C12H15Br2NO2. The van der Waals surface area contributed by atoms with Gasteiger partial charge in [-0.1, -0.05) is 31.9 Å². The zero-order valence-electron chi connectivity index (χ0n) is 9.80. The molecule has 1 aromatic rings. The first-order chi connectivity index (χ1) is 8.04. The van der Waals surface area contributed by atoms with Crippen LogP contribution in [0.2, 0.25) is 0 Å². The average Bonchev–Trinajstić information content (AvgIpc) is 2.38. The number of halogens is 2. The molecule has 1 N–H and O–H groups in total. The highest BCUT2D eigenvalue weighted by molar-refractivity contribution is 9.09. The van der Waals surface area contributed by atoms with Crippen LogP contribution in [0.15, 0.2) is 24.3 Å². The van der Waals surface area contributed by atoms with Crippen LogP contribution in [0.4, 0.5) is 0 Å². The molecule has 0 saturated heterocycles. The third kappa shape index (κ3) is 4.00. The fourth-order valence-corrected chi connectivity index (χ4v) is 2.40. The van der Waals surface area contributed by atoms with Crippen LogP contribution in [0.5, 0.6) is 5.75 Å². The molecule has 3 nitrogen and oxygen atoms in total. The average molecular weight is 365 g/mol. The van der Waals surface area contributed by atoms with Crippen LogP contribution < -0.4 is 10.1 Å². The van der Waals surface area contributed by atoms with Gasteiger partial charge in [0.1, 0.15) is 5.75 Å². The molecule has 17 heavy (non-hydrogen) atoms. The monoisotopic (exact) mass is 363 g/mol. The summed E-state index contributed by atoms with van der Waals surface area (Å²) in [6.07, 6.45) is 0. The Hall–Kier alpha value is -0.550. The Morgan fingerprint density at radius 3 is 2.24 bits per heavy atom. The van der Waals surface area contributed by atoms with Crippen LogP contribution in [-0.4, -0.2) is 29.2 Å². The van der Waals surface area contributed by atoms with Crippen LogP contribution >= 0.6 is 31.9 Å². The molecule has 94 valence electrons. The van der Waals surface area contributed by atoms with Gasteiger partial charge in [-0.25, -0.2) is 0 Å². The van der Waals surface area contributed by atoms with Crippen LogP contribution in [0.1, 0.15) is 17.3 Å². The maximum atomic E-state index is 12.0. The second kappa shape index (κ2) is 6.40. The Balaban J connectivity index is 2.75. The van der Waals surface area contributed by atoms with Crippen LogP contribution in [-0.2, 0) is 0 Å². The van der Waals surface area contributed by atoms with Crippen LogP contribution in [0.3, 0.4) is 0 Å². The highest BCUT2D eigenvalue weighted by Gasteiger charge is 2.24. The molecule has 0 aliphatic carbocycles. The van der Waals surface area contributed by atoms with Crippen molar-refractivity contribution in [1.29, 1.82) is 0 Å². The van der Waals surface area contributed by atoms with Crippen molar-refractivity contribution < 1.29 is 9.53 Å². The third-order valence-corrected chi connectivity index (χ3v) is 4.83. The smallest absolute Gasteiger partial charge is 0.251 e. The molecule has 0 atom stereocenters. The first-order valence-corrected chi connectivity index (χ1v) is 7.37. The van der Waals surface area contributed by atoms with Crippen molar-refractivity contribution in [2.24, 2.45) is 0 Å². The Morgan fingerprint density at radius 1 is 1.29 bits per heavy atom. The topological polar surface area (TPSA) is 38.3 Å². The zero-order chi connectivity index (χ0) is 12.9. The van der Waals surface area contributed by atoms with Crippen molar-refractivity contribution >= 4 is 37.8 Å². The van der Waals surface area contributed by atoms with Crippen molar-refractivity contribution in [3.05, 3.63) is 29.8 Å². The van der Waals surface area contributed by atoms with Crippen molar-refractivity contribution in [3.63, 3.8) is 0 Å². The molecule has 0 spiro atoms. The van der Waals surface area contributed by atoms with E-state index in [9.17, 15) is 4.79 Å². The van der Waals surface area contributed by atoms with Gasteiger partial charge in [-0.15, -0.1) is 0 Å². The number of benzene rings is 1. The number of carbonyl (C=O) groups is 1. The zero-order valence-corrected chi connectivity index (χ0v) is 13.0. The van der Waals surface area contributed by atoms with E-state index in [0.29, 0.717) is 16.2 Å². The van der Waals surface area contributed by atoms with Gasteiger partial charge in [-0.05, 0) is 31.2 Å². The lowest BCUT2D eigenvalue weighted by atomic mass is 10.1. The Kier molecular flexibility index (Phi) is 5.46. The molecule has 1 amide bonds. The third-order valence-electron chi connectivity index (χ3n) is 2.36. The van der Waals surface area contributed by atoms with Gasteiger partial charge >= 0.3 is 0 Å². The quantitative estimate of drug-likeness (QED) is 0.815. The summed E-state index contributed by atoms with van der Waals surface area (Å²) in [5.74, 6) is 0.652. The maximum absolute atomic E-state index is 12.0. The number of hydrogen-bond acceptors (Lipinski definition) is 2. The number of amides is 1. The Labute approximate surface area is 118 Å².